The highest BCUT2D eigenvalue weighted by Gasteiger charge is 2.09. The second-order valence-corrected chi connectivity index (χ2v) is 5.22. The zero-order valence-corrected chi connectivity index (χ0v) is 11.8. The molecule has 20 heavy (non-hydrogen) atoms. The third kappa shape index (κ3) is 2.45. The van der Waals surface area contributed by atoms with Crippen LogP contribution in [-0.4, -0.2) is 9.97 Å². The lowest BCUT2D eigenvalue weighted by molar-refractivity contribution is 1.08. The van der Waals surface area contributed by atoms with Gasteiger partial charge in [-0.15, -0.1) is 11.6 Å². The first kappa shape index (κ1) is 12.9. The molecule has 0 saturated carbocycles. The molecule has 1 aromatic heterocycles. The van der Waals surface area contributed by atoms with Gasteiger partial charge in [0.2, 0.25) is 0 Å². The third-order valence-electron chi connectivity index (χ3n) is 3.19. The van der Waals surface area contributed by atoms with Crippen molar-refractivity contribution < 1.29 is 0 Å². The Bertz CT molecular complexity index is 735. The Kier molecular flexibility index (Phi) is 3.52. The molecule has 4 heteroatoms. The monoisotopic (exact) mass is 283 g/mol. The van der Waals surface area contributed by atoms with Crippen LogP contribution in [0.15, 0.2) is 54.9 Å². The quantitative estimate of drug-likeness (QED) is 0.710. The molecule has 0 spiro atoms. The van der Waals surface area contributed by atoms with E-state index in [1.54, 1.807) is 6.33 Å². The smallest absolute Gasteiger partial charge is 0.141 e. The Balaban J connectivity index is 2.06. The highest BCUT2D eigenvalue weighted by Crippen LogP contribution is 2.30. The Hall–Kier alpha value is -2.13. The number of benzene rings is 2. The number of nitrogens with zero attached hydrogens (tertiary/aromatic N) is 2. The lowest BCUT2D eigenvalue weighted by Crippen LogP contribution is -1.99. The molecular weight excluding hydrogens is 270 g/mol. The summed E-state index contributed by atoms with van der Waals surface area (Å²) in [7, 11) is 0. The molecular formula is C16H14ClN3. The van der Waals surface area contributed by atoms with Gasteiger partial charge in [-0.05, 0) is 30.7 Å². The Morgan fingerprint density at radius 2 is 1.75 bits per heavy atom. The summed E-state index contributed by atoms with van der Waals surface area (Å²) >= 11 is 6.22. The predicted molar refractivity (Wildman–Crippen MR) is 83.5 cm³/mol. The molecule has 0 fully saturated rings. The summed E-state index contributed by atoms with van der Waals surface area (Å²) in [6.07, 6.45) is 1.57. The SMILES string of the molecule is CC(Cl)c1ccccc1Nc1ncnc2ccccc12. The third-order valence-corrected chi connectivity index (χ3v) is 3.42. The van der Waals surface area contributed by atoms with Gasteiger partial charge in [-0.3, -0.25) is 0 Å². The van der Waals surface area contributed by atoms with E-state index in [2.05, 4.69) is 15.3 Å². The summed E-state index contributed by atoms with van der Waals surface area (Å²) in [5.41, 5.74) is 2.94. The molecule has 1 heterocycles. The summed E-state index contributed by atoms with van der Waals surface area (Å²) in [6, 6.07) is 15.9. The van der Waals surface area contributed by atoms with E-state index in [4.69, 9.17) is 11.6 Å². The molecule has 2 aromatic carbocycles. The lowest BCUT2D eigenvalue weighted by atomic mass is 10.1. The van der Waals surface area contributed by atoms with Crippen LogP contribution in [0, 0.1) is 0 Å². The van der Waals surface area contributed by atoms with Crippen molar-refractivity contribution in [1.82, 2.24) is 9.97 Å². The molecule has 1 atom stereocenters. The number of nitrogens with one attached hydrogen (secondary N) is 1. The molecule has 3 aromatic rings. The van der Waals surface area contributed by atoms with E-state index < -0.39 is 0 Å². The number of hydrogen-bond acceptors (Lipinski definition) is 3. The number of aromatic nitrogens is 2. The van der Waals surface area contributed by atoms with Crippen LogP contribution in [0.25, 0.3) is 10.9 Å². The largest absolute Gasteiger partial charge is 0.339 e. The van der Waals surface area contributed by atoms with E-state index in [-0.39, 0.29) is 5.38 Å². The van der Waals surface area contributed by atoms with Gasteiger partial charge in [0, 0.05) is 11.1 Å². The average Bonchev–Trinajstić information content (AvgIpc) is 2.48. The van der Waals surface area contributed by atoms with Gasteiger partial charge in [0.15, 0.2) is 0 Å². The number of rotatable bonds is 3. The minimum atomic E-state index is -0.0631. The summed E-state index contributed by atoms with van der Waals surface area (Å²) in [6.45, 7) is 1.96. The standard InChI is InChI=1S/C16H14ClN3/c1-11(17)12-6-2-5-9-15(12)20-16-13-7-3-4-8-14(13)18-10-19-16/h2-11H,1H3,(H,18,19,20). The average molecular weight is 284 g/mol. The molecule has 3 nitrogen and oxygen atoms in total. The van der Waals surface area contributed by atoms with Gasteiger partial charge in [-0.1, -0.05) is 30.3 Å². The van der Waals surface area contributed by atoms with Crippen molar-refractivity contribution in [2.24, 2.45) is 0 Å². The molecule has 3 rings (SSSR count). The van der Waals surface area contributed by atoms with Crippen molar-refractivity contribution in [3.63, 3.8) is 0 Å². The van der Waals surface area contributed by atoms with Crippen molar-refractivity contribution in [1.29, 1.82) is 0 Å². The Morgan fingerprint density at radius 1 is 1.00 bits per heavy atom. The van der Waals surface area contributed by atoms with E-state index in [0.29, 0.717) is 0 Å². The van der Waals surface area contributed by atoms with Crippen LogP contribution in [0.2, 0.25) is 0 Å². The molecule has 1 N–H and O–H groups in total. The van der Waals surface area contributed by atoms with Crippen molar-refractivity contribution >= 4 is 34.0 Å². The van der Waals surface area contributed by atoms with Gasteiger partial charge in [0.1, 0.15) is 12.1 Å². The highest BCUT2D eigenvalue weighted by atomic mass is 35.5. The van der Waals surface area contributed by atoms with Crippen LogP contribution >= 0.6 is 11.6 Å². The predicted octanol–water partition coefficient (Wildman–Crippen LogP) is 4.67. The topological polar surface area (TPSA) is 37.8 Å². The molecule has 1 unspecified atom stereocenters. The minimum absolute atomic E-state index is 0.0631. The summed E-state index contributed by atoms with van der Waals surface area (Å²) in [4.78, 5) is 8.60. The van der Waals surface area contributed by atoms with Gasteiger partial charge in [0.25, 0.3) is 0 Å². The molecule has 0 bridgehead atoms. The first-order valence-electron chi connectivity index (χ1n) is 6.45. The molecule has 100 valence electrons. The fourth-order valence-corrected chi connectivity index (χ4v) is 2.38. The van der Waals surface area contributed by atoms with E-state index in [1.807, 2.05) is 55.5 Å². The Labute approximate surface area is 122 Å². The van der Waals surface area contributed by atoms with E-state index in [9.17, 15) is 0 Å². The molecule has 0 aliphatic heterocycles. The number of halogens is 1. The second kappa shape index (κ2) is 5.47. The minimum Gasteiger partial charge on any atom is -0.339 e. The molecule has 0 saturated heterocycles. The van der Waals surface area contributed by atoms with E-state index in [0.717, 1.165) is 28.0 Å². The number of alkyl halides is 1. The summed E-state index contributed by atoms with van der Waals surface area (Å²) in [5, 5.41) is 4.29. The molecule has 0 amide bonds. The van der Waals surface area contributed by atoms with Gasteiger partial charge in [-0.25, -0.2) is 9.97 Å². The molecule has 0 radical (unpaired) electrons. The second-order valence-electron chi connectivity index (χ2n) is 4.57. The van der Waals surface area contributed by atoms with Crippen LogP contribution in [0.1, 0.15) is 17.9 Å². The van der Waals surface area contributed by atoms with Gasteiger partial charge < -0.3 is 5.32 Å². The van der Waals surface area contributed by atoms with E-state index in [1.165, 1.54) is 0 Å². The highest BCUT2D eigenvalue weighted by molar-refractivity contribution is 6.21. The number of fused-ring (bicyclic) bond motifs is 1. The van der Waals surface area contributed by atoms with Gasteiger partial charge in [0.05, 0.1) is 10.9 Å². The van der Waals surface area contributed by atoms with Crippen LogP contribution < -0.4 is 5.32 Å². The zero-order valence-electron chi connectivity index (χ0n) is 11.0. The van der Waals surface area contributed by atoms with Gasteiger partial charge in [-0.2, -0.15) is 0 Å². The fraction of sp³-hybridized carbons (Fsp3) is 0.125. The summed E-state index contributed by atoms with van der Waals surface area (Å²) in [5.74, 6) is 0.792. The Morgan fingerprint density at radius 3 is 2.60 bits per heavy atom. The van der Waals surface area contributed by atoms with Crippen molar-refractivity contribution in [3.8, 4) is 0 Å². The number of para-hydroxylation sites is 2. The lowest BCUT2D eigenvalue weighted by Gasteiger charge is -2.13. The fourth-order valence-electron chi connectivity index (χ4n) is 2.19. The van der Waals surface area contributed by atoms with Crippen LogP contribution in [0.4, 0.5) is 11.5 Å². The van der Waals surface area contributed by atoms with Crippen LogP contribution in [0.3, 0.4) is 0 Å². The van der Waals surface area contributed by atoms with Gasteiger partial charge >= 0.3 is 0 Å². The molecule has 0 aliphatic rings. The number of anilines is 2. The number of hydrogen-bond donors (Lipinski definition) is 1. The van der Waals surface area contributed by atoms with Crippen LogP contribution in [-0.2, 0) is 0 Å². The first-order chi connectivity index (χ1) is 9.75. The zero-order chi connectivity index (χ0) is 13.9. The van der Waals surface area contributed by atoms with Crippen LogP contribution in [0.5, 0.6) is 0 Å². The first-order valence-corrected chi connectivity index (χ1v) is 6.89. The van der Waals surface area contributed by atoms with Crippen molar-refractivity contribution in [2.45, 2.75) is 12.3 Å². The van der Waals surface area contributed by atoms with E-state index >= 15 is 0 Å². The van der Waals surface area contributed by atoms with Crippen molar-refractivity contribution in [2.75, 3.05) is 5.32 Å². The molecule has 0 aliphatic carbocycles. The maximum atomic E-state index is 6.22. The maximum absolute atomic E-state index is 6.22. The maximum Gasteiger partial charge on any atom is 0.141 e. The summed E-state index contributed by atoms with van der Waals surface area (Å²) < 4.78 is 0. The van der Waals surface area contributed by atoms with Crippen molar-refractivity contribution in [3.05, 3.63) is 60.4 Å². The normalized spacial score (nSPS) is 12.3.